The zero-order valence-corrected chi connectivity index (χ0v) is 10.9. The Kier molecular flexibility index (Phi) is 5.28. The molecule has 5 atom stereocenters. The van der Waals surface area contributed by atoms with Gasteiger partial charge in [0.15, 0.2) is 0 Å². The molecule has 0 bridgehead atoms. The van der Waals surface area contributed by atoms with E-state index in [2.05, 4.69) is 11.9 Å². The summed E-state index contributed by atoms with van der Waals surface area (Å²) in [6.07, 6.45) is -2.65. The van der Waals surface area contributed by atoms with Crippen LogP contribution in [0.4, 0.5) is 0 Å². The fraction of sp³-hybridized carbons (Fsp3) is 0.750. The van der Waals surface area contributed by atoms with Crippen LogP contribution < -0.4 is 5.32 Å². The molecule has 1 aliphatic rings. The van der Waals surface area contributed by atoms with Crippen LogP contribution in [0.1, 0.15) is 13.8 Å². The molecule has 2 unspecified atom stereocenters. The molecule has 6 heteroatoms. The molecule has 0 spiro atoms. The lowest BCUT2D eigenvalue weighted by molar-refractivity contribution is -0.199. The second kappa shape index (κ2) is 6.29. The van der Waals surface area contributed by atoms with Crippen molar-refractivity contribution in [1.29, 1.82) is 0 Å². The van der Waals surface area contributed by atoms with E-state index in [9.17, 15) is 9.90 Å². The number of nitrogens with one attached hydrogen (secondary N) is 1. The lowest BCUT2D eigenvalue weighted by Crippen LogP contribution is -2.63. The van der Waals surface area contributed by atoms with Gasteiger partial charge >= 0.3 is 0 Å². The second-order valence-corrected chi connectivity index (χ2v) is 4.53. The van der Waals surface area contributed by atoms with Gasteiger partial charge in [-0.15, -0.1) is 0 Å². The lowest BCUT2D eigenvalue weighted by Gasteiger charge is -2.42. The number of carbonyl (C=O) groups excluding carboxylic acids is 1. The van der Waals surface area contributed by atoms with Crippen molar-refractivity contribution in [3.8, 4) is 0 Å². The van der Waals surface area contributed by atoms with Gasteiger partial charge in [0.05, 0.1) is 18.8 Å². The van der Waals surface area contributed by atoms with E-state index >= 15 is 0 Å². The summed E-state index contributed by atoms with van der Waals surface area (Å²) in [6.45, 7) is 6.59. The van der Waals surface area contributed by atoms with Crippen molar-refractivity contribution in [1.82, 2.24) is 5.32 Å². The summed E-state index contributed by atoms with van der Waals surface area (Å²) in [4.78, 5) is 11.6. The van der Waals surface area contributed by atoms with Gasteiger partial charge in [0.1, 0.15) is 18.3 Å². The summed E-state index contributed by atoms with van der Waals surface area (Å²) in [7, 11) is 1.42. The number of ether oxygens (including phenoxy) is 2. The number of hydrogen-bond acceptors (Lipinski definition) is 5. The molecular formula is C12H21NO5. The van der Waals surface area contributed by atoms with Crippen molar-refractivity contribution < 1.29 is 24.5 Å². The zero-order valence-electron chi connectivity index (χ0n) is 10.9. The molecule has 18 heavy (non-hydrogen) atoms. The van der Waals surface area contributed by atoms with Crippen LogP contribution in [0, 0.1) is 0 Å². The van der Waals surface area contributed by atoms with Crippen molar-refractivity contribution in [3.05, 3.63) is 12.2 Å². The number of rotatable bonds is 4. The zero-order chi connectivity index (χ0) is 13.9. The van der Waals surface area contributed by atoms with Crippen LogP contribution in [0.25, 0.3) is 0 Å². The van der Waals surface area contributed by atoms with Crippen LogP contribution in [0.2, 0.25) is 0 Å². The highest BCUT2D eigenvalue weighted by Crippen LogP contribution is 2.23. The SMILES string of the molecule is C=C(C)C(=O)N[C@@H]1[C@H](C)OC(CO)C(OC)[C@@H]1O. The molecule has 1 aliphatic heterocycles. The molecule has 1 amide bonds. The molecule has 1 saturated heterocycles. The minimum absolute atomic E-state index is 0.249. The highest BCUT2D eigenvalue weighted by atomic mass is 16.6. The van der Waals surface area contributed by atoms with E-state index in [0.717, 1.165) is 0 Å². The summed E-state index contributed by atoms with van der Waals surface area (Å²) in [6, 6.07) is -0.595. The topological polar surface area (TPSA) is 88.0 Å². The van der Waals surface area contributed by atoms with E-state index < -0.39 is 30.5 Å². The normalized spacial score (nSPS) is 36.2. The maximum Gasteiger partial charge on any atom is 0.246 e. The second-order valence-electron chi connectivity index (χ2n) is 4.53. The van der Waals surface area contributed by atoms with E-state index in [1.807, 2.05) is 0 Å². The molecule has 104 valence electrons. The van der Waals surface area contributed by atoms with Crippen LogP contribution in [-0.2, 0) is 14.3 Å². The Morgan fingerprint density at radius 2 is 2.17 bits per heavy atom. The Morgan fingerprint density at radius 3 is 2.61 bits per heavy atom. The quantitative estimate of drug-likeness (QED) is 0.575. The highest BCUT2D eigenvalue weighted by Gasteiger charge is 2.44. The van der Waals surface area contributed by atoms with E-state index in [1.165, 1.54) is 7.11 Å². The van der Waals surface area contributed by atoms with Gasteiger partial charge in [0, 0.05) is 12.7 Å². The van der Waals surface area contributed by atoms with Crippen molar-refractivity contribution in [2.45, 2.75) is 44.3 Å². The predicted octanol–water partition coefficient (Wildman–Crippen LogP) is -0.797. The Balaban J connectivity index is 2.79. The van der Waals surface area contributed by atoms with Gasteiger partial charge in [-0.1, -0.05) is 6.58 Å². The molecule has 1 rings (SSSR count). The molecule has 1 fully saturated rings. The number of hydrogen-bond donors (Lipinski definition) is 3. The third kappa shape index (κ3) is 3.08. The van der Waals surface area contributed by atoms with E-state index in [1.54, 1.807) is 13.8 Å². The average Bonchev–Trinajstić information content (AvgIpc) is 2.33. The standard InChI is InChI=1S/C12H21NO5/c1-6(2)12(16)13-9-7(3)18-8(5-14)11(17-4)10(9)15/h7-11,14-15H,1,5H2,2-4H3,(H,13,16)/t7-,8?,9+,10+,11?/m0/s1. The molecule has 0 aromatic rings. The summed E-state index contributed by atoms with van der Waals surface area (Å²) in [5.74, 6) is -0.341. The Labute approximate surface area is 107 Å². The fourth-order valence-electron chi connectivity index (χ4n) is 2.06. The summed E-state index contributed by atoms with van der Waals surface area (Å²) >= 11 is 0. The summed E-state index contributed by atoms with van der Waals surface area (Å²) in [5.41, 5.74) is 0.354. The van der Waals surface area contributed by atoms with Crippen molar-refractivity contribution >= 4 is 5.91 Å². The van der Waals surface area contributed by atoms with Crippen LogP contribution in [0.3, 0.4) is 0 Å². The Morgan fingerprint density at radius 1 is 1.56 bits per heavy atom. The predicted molar refractivity (Wildman–Crippen MR) is 65.0 cm³/mol. The van der Waals surface area contributed by atoms with Crippen LogP contribution >= 0.6 is 0 Å². The third-order valence-corrected chi connectivity index (χ3v) is 3.10. The Bertz CT molecular complexity index is 320. The Hall–Kier alpha value is -0.950. The molecule has 0 radical (unpaired) electrons. The fourth-order valence-corrected chi connectivity index (χ4v) is 2.06. The first-order valence-electron chi connectivity index (χ1n) is 5.86. The number of methoxy groups -OCH3 is 1. The molecule has 0 aromatic heterocycles. The first-order chi connectivity index (χ1) is 8.42. The molecule has 6 nitrogen and oxygen atoms in total. The maximum atomic E-state index is 11.6. The van der Waals surface area contributed by atoms with Gasteiger partial charge in [-0.3, -0.25) is 4.79 Å². The highest BCUT2D eigenvalue weighted by molar-refractivity contribution is 5.92. The lowest BCUT2D eigenvalue weighted by atomic mass is 9.93. The minimum Gasteiger partial charge on any atom is -0.394 e. The third-order valence-electron chi connectivity index (χ3n) is 3.10. The number of aliphatic hydroxyl groups excluding tert-OH is 2. The molecule has 0 aliphatic carbocycles. The number of carbonyl (C=O) groups is 1. The van der Waals surface area contributed by atoms with Crippen LogP contribution in [0.15, 0.2) is 12.2 Å². The smallest absolute Gasteiger partial charge is 0.246 e. The van der Waals surface area contributed by atoms with E-state index in [0.29, 0.717) is 5.57 Å². The monoisotopic (exact) mass is 259 g/mol. The maximum absolute atomic E-state index is 11.6. The van der Waals surface area contributed by atoms with Crippen molar-refractivity contribution in [2.75, 3.05) is 13.7 Å². The first-order valence-corrected chi connectivity index (χ1v) is 5.86. The molecule has 0 saturated carbocycles. The van der Waals surface area contributed by atoms with Gasteiger partial charge in [0.2, 0.25) is 5.91 Å². The van der Waals surface area contributed by atoms with Crippen LogP contribution in [-0.4, -0.2) is 60.3 Å². The first kappa shape index (κ1) is 15.1. The number of amides is 1. The summed E-state index contributed by atoms with van der Waals surface area (Å²) < 4.78 is 10.6. The number of aliphatic hydroxyl groups is 2. The van der Waals surface area contributed by atoms with E-state index in [4.69, 9.17) is 14.6 Å². The van der Waals surface area contributed by atoms with Crippen molar-refractivity contribution in [2.24, 2.45) is 0 Å². The van der Waals surface area contributed by atoms with E-state index in [-0.39, 0.29) is 12.5 Å². The van der Waals surface area contributed by atoms with Crippen LogP contribution in [0.5, 0.6) is 0 Å². The molecular weight excluding hydrogens is 238 g/mol. The average molecular weight is 259 g/mol. The summed E-state index contributed by atoms with van der Waals surface area (Å²) in [5, 5.41) is 22.0. The molecule has 3 N–H and O–H groups in total. The van der Waals surface area contributed by atoms with Gasteiger partial charge in [-0.25, -0.2) is 0 Å². The minimum atomic E-state index is -0.945. The van der Waals surface area contributed by atoms with Gasteiger partial charge < -0.3 is 25.0 Å². The molecule has 0 aromatic carbocycles. The molecule has 1 heterocycles. The van der Waals surface area contributed by atoms with Crippen molar-refractivity contribution in [3.63, 3.8) is 0 Å². The van der Waals surface area contributed by atoms with Gasteiger partial charge in [-0.05, 0) is 13.8 Å². The van der Waals surface area contributed by atoms with Gasteiger partial charge in [0.25, 0.3) is 0 Å². The van der Waals surface area contributed by atoms with Gasteiger partial charge in [-0.2, -0.15) is 0 Å². The largest absolute Gasteiger partial charge is 0.394 e.